The summed E-state index contributed by atoms with van der Waals surface area (Å²) in [7, 11) is 0. The molecule has 0 radical (unpaired) electrons. The van der Waals surface area contributed by atoms with Gasteiger partial charge in [-0.05, 0) is 55.7 Å². The van der Waals surface area contributed by atoms with E-state index in [1.807, 2.05) is 45.0 Å². The fourth-order valence-electron chi connectivity index (χ4n) is 2.14. The summed E-state index contributed by atoms with van der Waals surface area (Å²) in [6, 6.07) is 7.67. The third-order valence-corrected chi connectivity index (χ3v) is 4.61. The van der Waals surface area contributed by atoms with E-state index in [0.29, 0.717) is 0 Å². The number of rotatable bonds is 5. The minimum atomic E-state index is -0.269. The molecule has 1 heterocycles. The Morgan fingerprint density at radius 1 is 1.30 bits per heavy atom. The maximum Gasteiger partial charge on any atom is 0.171 e. The summed E-state index contributed by atoms with van der Waals surface area (Å²) in [6.07, 6.45) is 2.20. The molecule has 0 amide bonds. The van der Waals surface area contributed by atoms with Gasteiger partial charge in [-0.3, -0.25) is 0 Å². The normalized spacial score (nSPS) is 14.1. The lowest BCUT2D eigenvalue weighted by atomic mass is 10.1. The van der Waals surface area contributed by atoms with Gasteiger partial charge < -0.3 is 14.9 Å². The Labute approximate surface area is 128 Å². The van der Waals surface area contributed by atoms with Gasteiger partial charge in [-0.15, -0.1) is 0 Å². The molecule has 0 aliphatic carbocycles. The van der Waals surface area contributed by atoms with E-state index in [-0.39, 0.29) is 12.1 Å². The highest BCUT2D eigenvalue weighted by atomic mass is 79.9. The molecule has 20 heavy (non-hydrogen) atoms. The second-order valence-electron chi connectivity index (χ2n) is 5.00. The Morgan fingerprint density at radius 2 is 1.95 bits per heavy atom. The van der Waals surface area contributed by atoms with Gasteiger partial charge in [0.2, 0.25) is 0 Å². The Morgan fingerprint density at radius 3 is 2.45 bits per heavy atom. The summed E-state index contributed by atoms with van der Waals surface area (Å²) in [5.74, 6) is 1.58. The van der Waals surface area contributed by atoms with Crippen LogP contribution in [0, 0.1) is 13.8 Å². The molecule has 0 saturated heterocycles. The highest BCUT2D eigenvalue weighted by molar-refractivity contribution is 9.10. The molecule has 108 valence electrons. The SMILES string of the molecule is CCC(N)C(Oc1cc(C)c(Br)c(C)c1)c1ccco1. The molecule has 2 unspecified atom stereocenters. The molecule has 0 aliphatic heterocycles. The second-order valence-corrected chi connectivity index (χ2v) is 5.79. The third kappa shape index (κ3) is 3.25. The predicted octanol–water partition coefficient (Wildman–Crippen LogP) is 4.52. The first-order chi connectivity index (χ1) is 9.52. The Balaban J connectivity index is 2.29. The molecule has 2 atom stereocenters. The van der Waals surface area contributed by atoms with E-state index in [9.17, 15) is 0 Å². The van der Waals surface area contributed by atoms with Gasteiger partial charge in [0.05, 0.1) is 6.26 Å². The van der Waals surface area contributed by atoms with Crippen molar-refractivity contribution in [2.45, 2.75) is 39.3 Å². The number of nitrogens with two attached hydrogens (primary N) is 1. The molecule has 0 saturated carbocycles. The van der Waals surface area contributed by atoms with Gasteiger partial charge in [-0.1, -0.05) is 22.9 Å². The van der Waals surface area contributed by atoms with Crippen LogP contribution in [-0.2, 0) is 0 Å². The fourth-order valence-corrected chi connectivity index (χ4v) is 2.37. The molecule has 0 spiro atoms. The van der Waals surface area contributed by atoms with Gasteiger partial charge in [0.25, 0.3) is 0 Å². The molecule has 0 aliphatic rings. The van der Waals surface area contributed by atoms with E-state index in [1.54, 1.807) is 6.26 Å². The first kappa shape index (κ1) is 15.1. The Kier molecular flexibility index (Phi) is 4.89. The summed E-state index contributed by atoms with van der Waals surface area (Å²) < 4.78 is 12.7. The van der Waals surface area contributed by atoms with Crippen molar-refractivity contribution in [2.75, 3.05) is 0 Å². The van der Waals surface area contributed by atoms with Crippen LogP contribution in [0.3, 0.4) is 0 Å². The van der Waals surface area contributed by atoms with Crippen molar-refractivity contribution in [2.24, 2.45) is 5.73 Å². The smallest absolute Gasteiger partial charge is 0.171 e. The van der Waals surface area contributed by atoms with Crippen molar-refractivity contribution < 1.29 is 9.15 Å². The van der Waals surface area contributed by atoms with Crippen LogP contribution in [0.4, 0.5) is 0 Å². The predicted molar refractivity (Wildman–Crippen MR) is 84.0 cm³/mol. The fraction of sp³-hybridized carbons (Fsp3) is 0.375. The van der Waals surface area contributed by atoms with Crippen molar-refractivity contribution >= 4 is 15.9 Å². The van der Waals surface area contributed by atoms with Gasteiger partial charge >= 0.3 is 0 Å². The summed E-state index contributed by atoms with van der Waals surface area (Å²) in [6.45, 7) is 6.14. The van der Waals surface area contributed by atoms with Crippen LogP contribution in [0.1, 0.15) is 36.3 Å². The van der Waals surface area contributed by atoms with Gasteiger partial charge in [0.1, 0.15) is 11.5 Å². The number of aryl methyl sites for hydroxylation is 2. The quantitative estimate of drug-likeness (QED) is 0.872. The van der Waals surface area contributed by atoms with Crippen LogP contribution in [0.5, 0.6) is 5.75 Å². The zero-order valence-electron chi connectivity index (χ0n) is 12.0. The lowest BCUT2D eigenvalue weighted by Gasteiger charge is -2.23. The number of hydrogen-bond donors (Lipinski definition) is 1. The van der Waals surface area contributed by atoms with E-state index in [2.05, 4.69) is 15.9 Å². The minimum absolute atomic E-state index is 0.106. The molecule has 4 heteroatoms. The van der Waals surface area contributed by atoms with Crippen LogP contribution < -0.4 is 10.5 Å². The number of hydrogen-bond acceptors (Lipinski definition) is 3. The average Bonchev–Trinajstić information content (AvgIpc) is 2.95. The molecular weight excluding hydrogens is 318 g/mol. The zero-order valence-corrected chi connectivity index (χ0v) is 13.6. The summed E-state index contributed by atoms with van der Waals surface area (Å²) in [4.78, 5) is 0. The lowest BCUT2D eigenvalue weighted by Crippen LogP contribution is -2.31. The van der Waals surface area contributed by atoms with Gasteiger partial charge in [-0.2, -0.15) is 0 Å². The van der Waals surface area contributed by atoms with Crippen LogP contribution in [0.2, 0.25) is 0 Å². The third-order valence-electron chi connectivity index (χ3n) is 3.36. The van der Waals surface area contributed by atoms with Crippen molar-refractivity contribution in [1.82, 2.24) is 0 Å². The van der Waals surface area contributed by atoms with Crippen LogP contribution in [0.25, 0.3) is 0 Å². The van der Waals surface area contributed by atoms with E-state index in [4.69, 9.17) is 14.9 Å². The number of benzene rings is 1. The highest BCUT2D eigenvalue weighted by Gasteiger charge is 2.23. The molecular formula is C16H20BrNO2. The van der Waals surface area contributed by atoms with Gasteiger partial charge in [-0.25, -0.2) is 0 Å². The molecule has 2 N–H and O–H groups in total. The summed E-state index contributed by atoms with van der Waals surface area (Å²) in [5.41, 5.74) is 8.45. The Hall–Kier alpha value is -1.26. The molecule has 1 aromatic heterocycles. The van der Waals surface area contributed by atoms with Gasteiger partial charge in [0.15, 0.2) is 6.10 Å². The van der Waals surface area contributed by atoms with E-state index in [1.165, 1.54) is 0 Å². The Bertz CT molecular complexity index is 543. The zero-order chi connectivity index (χ0) is 14.7. The summed E-state index contributed by atoms with van der Waals surface area (Å²) in [5, 5.41) is 0. The molecule has 0 bridgehead atoms. The maximum absolute atomic E-state index is 6.17. The number of ether oxygens (including phenoxy) is 1. The molecule has 3 nitrogen and oxygen atoms in total. The molecule has 1 aromatic carbocycles. The van der Waals surface area contributed by atoms with Crippen LogP contribution in [-0.4, -0.2) is 6.04 Å². The van der Waals surface area contributed by atoms with Crippen LogP contribution >= 0.6 is 15.9 Å². The minimum Gasteiger partial charge on any atom is -0.481 e. The average molecular weight is 338 g/mol. The van der Waals surface area contributed by atoms with Gasteiger partial charge in [0, 0.05) is 10.5 Å². The first-order valence-corrected chi connectivity index (χ1v) is 7.54. The van der Waals surface area contributed by atoms with E-state index in [0.717, 1.165) is 33.5 Å². The molecule has 0 fully saturated rings. The molecule has 2 aromatic rings. The highest BCUT2D eigenvalue weighted by Crippen LogP contribution is 2.31. The summed E-state index contributed by atoms with van der Waals surface area (Å²) >= 11 is 3.56. The van der Waals surface area contributed by atoms with Crippen molar-refractivity contribution in [1.29, 1.82) is 0 Å². The standard InChI is InChI=1S/C16H20BrNO2/c1-4-13(18)16(14-6-5-7-19-14)20-12-8-10(2)15(17)11(3)9-12/h5-9,13,16H,4,18H2,1-3H3. The first-order valence-electron chi connectivity index (χ1n) is 6.75. The lowest BCUT2D eigenvalue weighted by molar-refractivity contribution is 0.144. The maximum atomic E-state index is 6.17. The van der Waals surface area contributed by atoms with Crippen molar-refractivity contribution in [3.63, 3.8) is 0 Å². The largest absolute Gasteiger partial charge is 0.481 e. The molecule has 2 rings (SSSR count). The van der Waals surface area contributed by atoms with Crippen molar-refractivity contribution in [3.8, 4) is 5.75 Å². The topological polar surface area (TPSA) is 48.4 Å². The second kappa shape index (κ2) is 6.46. The van der Waals surface area contributed by atoms with Crippen LogP contribution in [0.15, 0.2) is 39.4 Å². The van der Waals surface area contributed by atoms with E-state index >= 15 is 0 Å². The number of halogens is 1. The number of furan rings is 1. The monoisotopic (exact) mass is 337 g/mol. The van der Waals surface area contributed by atoms with Crippen molar-refractivity contribution in [3.05, 3.63) is 51.9 Å². The van der Waals surface area contributed by atoms with E-state index < -0.39 is 0 Å².